The lowest BCUT2D eigenvalue weighted by molar-refractivity contribution is 0.0692. The number of ether oxygens (including phenoxy) is 1. The van der Waals surface area contributed by atoms with Crippen LogP contribution in [0.4, 0.5) is 11.5 Å². The molecule has 3 N–H and O–H groups in total. The molecule has 0 radical (unpaired) electrons. The molecular formula is C19H16N4O6S. The summed E-state index contributed by atoms with van der Waals surface area (Å²) in [6.07, 6.45) is 1.16. The van der Waals surface area contributed by atoms with Gasteiger partial charge in [-0.25, -0.2) is 23.2 Å². The van der Waals surface area contributed by atoms with E-state index in [1.54, 1.807) is 6.07 Å². The van der Waals surface area contributed by atoms with Crippen molar-refractivity contribution in [3.63, 3.8) is 0 Å². The van der Waals surface area contributed by atoms with Crippen molar-refractivity contribution < 1.29 is 27.9 Å². The normalized spacial score (nSPS) is 10.8. The Morgan fingerprint density at radius 3 is 2.30 bits per heavy atom. The van der Waals surface area contributed by atoms with Gasteiger partial charge in [0, 0.05) is 11.8 Å². The van der Waals surface area contributed by atoms with Gasteiger partial charge in [-0.1, -0.05) is 12.1 Å². The number of anilines is 2. The Hall–Kier alpha value is -3.99. The van der Waals surface area contributed by atoms with E-state index in [-0.39, 0.29) is 27.7 Å². The van der Waals surface area contributed by atoms with E-state index in [0.29, 0.717) is 5.69 Å². The Bertz CT molecular complexity index is 1200. The summed E-state index contributed by atoms with van der Waals surface area (Å²) in [5.74, 6) is -1.63. The van der Waals surface area contributed by atoms with Crippen LogP contribution in [0, 0.1) is 0 Å². The number of carbonyl (C=O) groups is 2. The molecule has 3 rings (SSSR count). The molecule has 1 amide bonds. The molecule has 1 aromatic heterocycles. The summed E-state index contributed by atoms with van der Waals surface area (Å²) in [4.78, 5) is 31.2. The largest absolute Gasteiger partial charge is 0.481 e. The van der Waals surface area contributed by atoms with Crippen LogP contribution in [0.3, 0.4) is 0 Å². The molecule has 154 valence electrons. The highest BCUT2D eigenvalue weighted by atomic mass is 32.2. The molecule has 0 unspecified atom stereocenters. The lowest BCUT2D eigenvalue weighted by Gasteiger charge is -2.10. The summed E-state index contributed by atoms with van der Waals surface area (Å²) in [5, 5.41) is 11.7. The van der Waals surface area contributed by atoms with E-state index >= 15 is 0 Å². The second-order valence-corrected chi connectivity index (χ2v) is 7.56. The Labute approximate surface area is 171 Å². The van der Waals surface area contributed by atoms with Crippen LogP contribution in [0.1, 0.15) is 20.7 Å². The maximum Gasteiger partial charge on any atom is 0.336 e. The van der Waals surface area contributed by atoms with E-state index in [1.165, 1.54) is 55.6 Å². The quantitative estimate of drug-likeness (QED) is 0.519. The molecule has 0 fully saturated rings. The second kappa shape index (κ2) is 8.57. The number of carbonyl (C=O) groups excluding carboxylic acids is 1. The van der Waals surface area contributed by atoms with Crippen LogP contribution < -0.4 is 14.8 Å². The number of hydrogen-bond acceptors (Lipinski definition) is 7. The second-order valence-electron chi connectivity index (χ2n) is 5.88. The zero-order valence-electron chi connectivity index (χ0n) is 15.6. The van der Waals surface area contributed by atoms with E-state index in [1.807, 2.05) is 0 Å². The monoisotopic (exact) mass is 428 g/mol. The Kier molecular flexibility index (Phi) is 5.93. The molecule has 0 aliphatic heterocycles. The maximum atomic E-state index is 12.5. The van der Waals surface area contributed by atoms with E-state index in [9.17, 15) is 23.1 Å². The fraction of sp³-hybridized carbons (Fsp3) is 0.0526. The van der Waals surface area contributed by atoms with Crippen LogP contribution >= 0.6 is 0 Å². The number of aromatic carboxylic acids is 1. The first kappa shape index (κ1) is 20.7. The van der Waals surface area contributed by atoms with Crippen LogP contribution in [-0.2, 0) is 10.0 Å². The number of nitrogens with zero attached hydrogens (tertiary/aromatic N) is 2. The lowest BCUT2D eigenvalue weighted by Crippen LogP contribution is -2.17. The first-order valence-electron chi connectivity index (χ1n) is 8.43. The summed E-state index contributed by atoms with van der Waals surface area (Å²) in [6, 6.07) is 12.4. The van der Waals surface area contributed by atoms with Gasteiger partial charge in [0.1, 0.15) is 12.1 Å². The van der Waals surface area contributed by atoms with E-state index in [4.69, 9.17) is 4.74 Å². The van der Waals surface area contributed by atoms with Gasteiger partial charge < -0.3 is 15.2 Å². The number of methoxy groups -OCH3 is 1. The molecule has 30 heavy (non-hydrogen) atoms. The van der Waals surface area contributed by atoms with Crippen molar-refractivity contribution >= 4 is 33.4 Å². The highest BCUT2D eigenvalue weighted by Crippen LogP contribution is 2.19. The van der Waals surface area contributed by atoms with Gasteiger partial charge in [-0.05, 0) is 36.4 Å². The third-order valence-corrected chi connectivity index (χ3v) is 5.29. The molecule has 0 saturated heterocycles. The van der Waals surface area contributed by atoms with E-state index in [0.717, 1.165) is 6.33 Å². The highest BCUT2D eigenvalue weighted by Gasteiger charge is 2.18. The fourth-order valence-corrected chi connectivity index (χ4v) is 3.49. The van der Waals surface area contributed by atoms with Crippen LogP contribution in [-0.4, -0.2) is 42.5 Å². The first-order valence-corrected chi connectivity index (χ1v) is 9.91. The van der Waals surface area contributed by atoms with Crippen LogP contribution in [0.2, 0.25) is 0 Å². The highest BCUT2D eigenvalue weighted by molar-refractivity contribution is 7.92. The van der Waals surface area contributed by atoms with Crippen LogP contribution in [0.15, 0.2) is 65.8 Å². The third kappa shape index (κ3) is 4.70. The van der Waals surface area contributed by atoms with Crippen LogP contribution in [0.25, 0.3) is 0 Å². The van der Waals surface area contributed by atoms with Crippen molar-refractivity contribution in [1.29, 1.82) is 0 Å². The van der Waals surface area contributed by atoms with Crippen LogP contribution in [0.5, 0.6) is 5.88 Å². The van der Waals surface area contributed by atoms with E-state index in [2.05, 4.69) is 20.0 Å². The van der Waals surface area contributed by atoms with Crippen molar-refractivity contribution in [3.05, 3.63) is 72.1 Å². The van der Waals surface area contributed by atoms with Gasteiger partial charge in [0.2, 0.25) is 5.88 Å². The summed E-state index contributed by atoms with van der Waals surface area (Å²) in [7, 11) is -2.55. The van der Waals surface area contributed by atoms with Gasteiger partial charge in [-0.2, -0.15) is 0 Å². The molecule has 11 heteroatoms. The van der Waals surface area contributed by atoms with Gasteiger partial charge in [-0.15, -0.1) is 0 Å². The number of hydrogen-bond donors (Lipinski definition) is 3. The number of carboxylic acids is 1. The summed E-state index contributed by atoms with van der Waals surface area (Å²) in [6.45, 7) is 0. The van der Waals surface area contributed by atoms with Crippen molar-refractivity contribution in [1.82, 2.24) is 9.97 Å². The summed E-state index contributed by atoms with van der Waals surface area (Å²) < 4.78 is 32.3. The number of amides is 1. The molecular weight excluding hydrogens is 412 g/mol. The van der Waals surface area contributed by atoms with Gasteiger partial charge >= 0.3 is 5.97 Å². The van der Waals surface area contributed by atoms with Gasteiger partial charge in [0.05, 0.1) is 23.1 Å². The summed E-state index contributed by atoms with van der Waals surface area (Å²) >= 11 is 0. The molecule has 0 bridgehead atoms. The minimum atomic E-state index is -3.94. The molecule has 0 aliphatic rings. The predicted octanol–water partition coefficient (Wildman–Crippen LogP) is 2.24. The van der Waals surface area contributed by atoms with Gasteiger partial charge in [0.15, 0.2) is 0 Å². The fourth-order valence-electron chi connectivity index (χ4n) is 2.49. The Morgan fingerprint density at radius 1 is 1.00 bits per heavy atom. The average molecular weight is 428 g/mol. The zero-order chi connectivity index (χ0) is 21.7. The van der Waals surface area contributed by atoms with Crippen molar-refractivity contribution in [3.8, 4) is 5.88 Å². The minimum absolute atomic E-state index is 0.0129. The zero-order valence-corrected chi connectivity index (χ0v) is 16.4. The van der Waals surface area contributed by atoms with Crippen molar-refractivity contribution in [2.45, 2.75) is 4.90 Å². The molecule has 10 nitrogen and oxygen atoms in total. The number of nitrogens with one attached hydrogen (secondary N) is 2. The molecule has 0 aliphatic carbocycles. The number of carboxylic acid groups (broad SMARTS) is 1. The van der Waals surface area contributed by atoms with Crippen molar-refractivity contribution in [2.24, 2.45) is 0 Å². The molecule has 0 saturated carbocycles. The molecule has 3 aromatic rings. The standard InChI is InChI=1S/C19H16N4O6S/c1-29-17-10-16(20-11-21-17)23-30(27,28)13-8-6-12(7-9-13)22-18(24)14-4-2-3-5-15(14)19(25)26/h2-11H,1H3,(H,22,24)(H,25,26)(H,20,21,23). The number of aromatic nitrogens is 2. The molecule has 2 aromatic carbocycles. The maximum absolute atomic E-state index is 12.5. The number of rotatable bonds is 7. The average Bonchev–Trinajstić information content (AvgIpc) is 2.74. The number of benzene rings is 2. The molecule has 1 heterocycles. The Morgan fingerprint density at radius 2 is 1.67 bits per heavy atom. The SMILES string of the molecule is COc1cc(NS(=O)(=O)c2ccc(NC(=O)c3ccccc3C(=O)O)cc2)ncn1. The minimum Gasteiger partial charge on any atom is -0.481 e. The van der Waals surface area contributed by atoms with Gasteiger partial charge in [0.25, 0.3) is 15.9 Å². The smallest absolute Gasteiger partial charge is 0.336 e. The van der Waals surface area contributed by atoms with Crippen molar-refractivity contribution in [2.75, 3.05) is 17.1 Å². The third-order valence-electron chi connectivity index (χ3n) is 3.91. The first-order chi connectivity index (χ1) is 14.3. The number of sulfonamides is 1. The predicted molar refractivity (Wildman–Crippen MR) is 107 cm³/mol. The molecule has 0 atom stereocenters. The lowest BCUT2D eigenvalue weighted by atomic mass is 10.1. The molecule has 0 spiro atoms. The van der Waals surface area contributed by atoms with Gasteiger partial charge in [-0.3, -0.25) is 9.52 Å². The summed E-state index contributed by atoms with van der Waals surface area (Å²) in [5.41, 5.74) is 0.141. The topological polar surface area (TPSA) is 148 Å². The Balaban J connectivity index is 1.76. The van der Waals surface area contributed by atoms with E-state index < -0.39 is 21.9 Å².